The number of halogens is 1. The zero-order valence-corrected chi connectivity index (χ0v) is 10.1. The molecule has 3 N–H and O–H groups in total. The van der Waals surface area contributed by atoms with Gasteiger partial charge in [-0.15, -0.1) is 11.8 Å². The second-order valence-electron chi connectivity index (χ2n) is 3.29. The van der Waals surface area contributed by atoms with Crippen LogP contribution in [0.15, 0.2) is 29.2 Å². The average molecular weight is 244 g/mol. The maximum atomic E-state index is 12.7. The lowest BCUT2D eigenvalue weighted by Crippen LogP contribution is -2.40. The Morgan fingerprint density at radius 2 is 2.12 bits per heavy atom. The number of nitrogens with two attached hydrogens (primary N) is 1. The first-order valence-corrected chi connectivity index (χ1v) is 6.17. The summed E-state index contributed by atoms with van der Waals surface area (Å²) in [4.78, 5) is 1.03. The maximum Gasteiger partial charge on any atom is 0.123 e. The van der Waals surface area contributed by atoms with Crippen molar-refractivity contribution in [3.63, 3.8) is 0 Å². The van der Waals surface area contributed by atoms with Crippen molar-refractivity contribution in [3.8, 4) is 0 Å². The van der Waals surface area contributed by atoms with Crippen LogP contribution < -0.4 is 11.3 Å². The molecular formula is C11H17FN2OS. The summed E-state index contributed by atoms with van der Waals surface area (Å²) in [6.07, 6.45) is 0. The molecule has 0 radical (unpaired) electrons. The molecule has 0 heterocycles. The van der Waals surface area contributed by atoms with Crippen LogP contribution in [0.1, 0.15) is 6.92 Å². The van der Waals surface area contributed by atoms with E-state index in [-0.39, 0.29) is 11.9 Å². The van der Waals surface area contributed by atoms with Crippen LogP contribution in [0.2, 0.25) is 0 Å². The van der Waals surface area contributed by atoms with Crippen molar-refractivity contribution in [2.45, 2.75) is 17.9 Å². The third-order valence-corrected chi connectivity index (χ3v) is 3.20. The standard InChI is InChI=1S/C11H17FN2OS/c1-2-15-7-10(14-13)8-16-11-5-3-9(12)4-6-11/h3-6,10,14H,2,7-8,13H2,1H3. The lowest BCUT2D eigenvalue weighted by Gasteiger charge is -2.14. The number of benzene rings is 1. The topological polar surface area (TPSA) is 47.3 Å². The van der Waals surface area contributed by atoms with Crippen molar-refractivity contribution in [2.24, 2.45) is 5.84 Å². The molecule has 0 spiro atoms. The monoisotopic (exact) mass is 244 g/mol. The third kappa shape index (κ3) is 4.94. The van der Waals surface area contributed by atoms with Gasteiger partial charge in [-0.2, -0.15) is 0 Å². The van der Waals surface area contributed by atoms with E-state index in [1.54, 1.807) is 23.9 Å². The minimum atomic E-state index is -0.216. The maximum absolute atomic E-state index is 12.7. The summed E-state index contributed by atoms with van der Waals surface area (Å²) in [7, 11) is 0. The molecule has 0 saturated heterocycles. The van der Waals surface area contributed by atoms with Crippen LogP contribution in [0.3, 0.4) is 0 Å². The van der Waals surface area contributed by atoms with Crippen molar-refractivity contribution in [1.29, 1.82) is 0 Å². The number of nitrogens with one attached hydrogen (secondary N) is 1. The number of hydrogen-bond donors (Lipinski definition) is 2. The van der Waals surface area contributed by atoms with E-state index in [9.17, 15) is 4.39 Å². The summed E-state index contributed by atoms with van der Waals surface area (Å²) < 4.78 is 17.9. The number of hydrazine groups is 1. The first-order chi connectivity index (χ1) is 7.76. The number of thioether (sulfide) groups is 1. The quantitative estimate of drug-likeness (QED) is 0.436. The minimum Gasteiger partial charge on any atom is -0.380 e. The fourth-order valence-corrected chi connectivity index (χ4v) is 2.05. The zero-order valence-electron chi connectivity index (χ0n) is 9.28. The Balaban J connectivity index is 2.34. The highest BCUT2D eigenvalue weighted by molar-refractivity contribution is 7.99. The molecule has 90 valence electrons. The predicted octanol–water partition coefficient (Wildman–Crippen LogP) is 1.79. The average Bonchev–Trinajstić information content (AvgIpc) is 2.32. The zero-order chi connectivity index (χ0) is 11.8. The van der Waals surface area contributed by atoms with Crippen LogP contribution in [0.5, 0.6) is 0 Å². The lowest BCUT2D eigenvalue weighted by molar-refractivity contribution is 0.129. The van der Waals surface area contributed by atoms with E-state index in [1.807, 2.05) is 6.92 Å². The number of rotatable bonds is 7. The Morgan fingerprint density at radius 1 is 1.44 bits per heavy atom. The van der Waals surface area contributed by atoms with Crippen LogP contribution in [-0.2, 0) is 4.74 Å². The molecule has 3 nitrogen and oxygen atoms in total. The fraction of sp³-hybridized carbons (Fsp3) is 0.455. The van der Waals surface area contributed by atoms with Gasteiger partial charge < -0.3 is 4.74 Å². The van der Waals surface area contributed by atoms with Gasteiger partial charge in [-0.05, 0) is 31.2 Å². The van der Waals surface area contributed by atoms with Crippen molar-refractivity contribution in [3.05, 3.63) is 30.1 Å². The second kappa shape index (κ2) is 7.62. The molecule has 1 unspecified atom stereocenters. The van der Waals surface area contributed by atoms with E-state index in [1.165, 1.54) is 12.1 Å². The Hall–Kier alpha value is -0.620. The largest absolute Gasteiger partial charge is 0.380 e. The van der Waals surface area contributed by atoms with Crippen LogP contribution >= 0.6 is 11.8 Å². The van der Waals surface area contributed by atoms with Gasteiger partial charge in [0.15, 0.2) is 0 Å². The molecule has 0 aromatic heterocycles. The Labute approximate surface area is 99.5 Å². The van der Waals surface area contributed by atoms with Gasteiger partial charge in [0.2, 0.25) is 0 Å². The lowest BCUT2D eigenvalue weighted by atomic mass is 10.3. The summed E-state index contributed by atoms with van der Waals surface area (Å²) in [5, 5.41) is 0. The molecule has 1 aromatic rings. The van der Waals surface area contributed by atoms with E-state index < -0.39 is 0 Å². The summed E-state index contributed by atoms with van der Waals surface area (Å²) in [6, 6.07) is 6.53. The molecule has 0 fully saturated rings. The molecule has 1 atom stereocenters. The van der Waals surface area contributed by atoms with E-state index >= 15 is 0 Å². The highest BCUT2D eigenvalue weighted by Crippen LogP contribution is 2.18. The van der Waals surface area contributed by atoms with Gasteiger partial charge >= 0.3 is 0 Å². The van der Waals surface area contributed by atoms with E-state index in [0.29, 0.717) is 13.2 Å². The van der Waals surface area contributed by atoms with E-state index in [0.717, 1.165) is 10.6 Å². The Morgan fingerprint density at radius 3 is 2.69 bits per heavy atom. The van der Waals surface area contributed by atoms with Gasteiger partial charge in [0.05, 0.1) is 12.6 Å². The first kappa shape index (κ1) is 13.4. The molecule has 5 heteroatoms. The molecule has 0 saturated carbocycles. The smallest absolute Gasteiger partial charge is 0.123 e. The normalized spacial score (nSPS) is 12.7. The number of hydrogen-bond acceptors (Lipinski definition) is 4. The van der Waals surface area contributed by atoms with E-state index in [4.69, 9.17) is 10.6 Å². The van der Waals surface area contributed by atoms with Crippen LogP contribution in [0, 0.1) is 5.82 Å². The Bertz CT molecular complexity index is 295. The molecule has 1 rings (SSSR count). The molecule has 0 amide bonds. The van der Waals surface area contributed by atoms with Crippen molar-refractivity contribution in [1.82, 2.24) is 5.43 Å². The SMILES string of the molecule is CCOCC(CSc1ccc(F)cc1)NN. The van der Waals surface area contributed by atoms with Gasteiger partial charge in [0.25, 0.3) is 0 Å². The van der Waals surface area contributed by atoms with Crippen molar-refractivity contribution in [2.75, 3.05) is 19.0 Å². The summed E-state index contributed by atoms with van der Waals surface area (Å²) in [5.41, 5.74) is 2.70. The molecule has 0 aliphatic heterocycles. The first-order valence-electron chi connectivity index (χ1n) is 5.18. The van der Waals surface area contributed by atoms with Gasteiger partial charge in [0.1, 0.15) is 5.82 Å². The predicted molar refractivity (Wildman–Crippen MR) is 64.7 cm³/mol. The highest BCUT2D eigenvalue weighted by atomic mass is 32.2. The molecule has 0 bridgehead atoms. The molecule has 0 aliphatic rings. The van der Waals surface area contributed by atoms with Gasteiger partial charge in [0, 0.05) is 17.3 Å². The molecule has 1 aromatic carbocycles. The van der Waals surface area contributed by atoms with Crippen LogP contribution in [-0.4, -0.2) is 25.0 Å². The summed E-state index contributed by atoms with van der Waals surface area (Å²) in [5.74, 6) is 5.98. The molecule has 0 aliphatic carbocycles. The van der Waals surface area contributed by atoms with Crippen LogP contribution in [0.4, 0.5) is 4.39 Å². The van der Waals surface area contributed by atoms with Crippen LogP contribution in [0.25, 0.3) is 0 Å². The summed E-state index contributed by atoms with van der Waals surface area (Å²) >= 11 is 1.62. The molecular weight excluding hydrogens is 227 g/mol. The minimum absolute atomic E-state index is 0.106. The summed E-state index contributed by atoms with van der Waals surface area (Å²) in [6.45, 7) is 3.21. The molecule has 16 heavy (non-hydrogen) atoms. The van der Waals surface area contributed by atoms with Crippen molar-refractivity contribution >= 4 is 11.8 Å². The fourth-order valence-electron chi connectivity index (χ4n) is 1.13. The van der Waals surface area contributed by atoms with Gasteiger partial charge in [-0.3, -0.25) is 11.3 Å². The number of ether oxygens (including phenoxy) is 1. The van der Waals surface area contributed by atoms with Gasteiger partial charge in [-0.25, -0.2) is 4.39 Å². The van der Waals surface area contributed by atoms with Gasteiger partial charge in [-0.1, -0.05) is 0 Å². The second-order valence-corrected chi connectivity index (χ2v) is 4.38. The third-order valence-electron chi connectivity index (χ3n) is 2.02. The highest BCUT2D eigenvalue weighted by Gasteiger charge is 2.07. The van der Waals surface area contributed by atoms with E-state index in [2.05, 4.69) is 5.43 Å². The van der Waals surface area contributed by atoms with Crippen molar-refractivity contribution < 1.29 is 9.13 Å². The Kier molecular flexibility index (Phi) is 6.40.